The molecule has 0 aromatic heterocycles. The number of carbonyl (C=O) groups excluding carboxylic acids is 1. The SMILES string of the molecule is C=CCC(O)COC(=O)C=C. The summed E-state index contributed by atoms with van der Waals surface area (Å²) >= 11 is 0. The fourth-order valence-corrected chi connectivity index (χ4v) is 0.498. The summed E-state index contributed by atoms with van der Waals surface area (Å²) in [4.78, 5) is 10.4. The van der Waals surface area contributed by atoms with Crippen LogP contribution in [-0.2, 0) is 9.53 Å². The highest BCUT2D eigenvalue weighted by atomic mass is 16.5. The van der Waals surface area contributed by atoms with Crippen LogP contribution in [0.4, 0.5) is 0 Å². The van der Waals surface area contributed by atoms with Crippen LogP contribution >= 0.6 is 0 Å². The minimum Gasteiger partial charge on any atom is -0.460 e. The molecule has 0 aliphatic carbocycles. The molecule has 1 unspecified atom stereocenters. The summed E-state index contributed by atoms with van der Waals surface area (Å²) in [6, 6.07) is 0. The lowest BCUT2D eigenvalue weighted by atomic mass is 10.3. The standard InChI is InChI=1S/C8H12O3/c1-3-5-7(9)6-11-8(10)4-2/h3-4,7,9H,1-2,5-6H2. The van der Waals surface area contributed by atoms with E-state index in [1.165, 1.54) is 0 Å². The minimum atomic E-state index is -0.656. The van der Waals surface area contributed by atoms with Gasteiger partial charge in [0.25, 0.3) is 0 Å². The number of aliphatic hydroxyl groups excluding tert-OH is 1. The van der Waals surface area contributed by atoms with Crippen LogP contribution in [0.3, 0.4) is 0 Å². The highest BCUT2D eigenvalue weighted by molar-refractivity contribution is 5.81. The monoisotopic (exact) mass is 156 g/mol. The highest BCUT2D eigenvalue weighted by Gasteiger charge is 2.03. The van der Waals surface area contributed by atoms with Crippen LogP contribution in [0.25, 0.3) is 0 Å². The van der Waals surface area contributed by atoms with Crippen molar-refractivity contribution >= 4 is 5.97 Å². The molecule has 0 aromatic carbocycles. The van der Waals surface area contributed by atoms with Gasteiger partial charge in [-0.05, 0) is 6.42 Å². The minimum absolute atomic E-state index is 0.00310. The Morgan fingerprint density at radius 1 is 1.64 bits per heavy atom. The van der Waals surface area contributed by atoms with Crippen LogP contribution in [-0.4, -0.2) is 23.8 Å². The van der Waals surface area contributed by atoms with Crippen LogP contribution in [0.5, 0.6) is 0 Å². The van der Waals surface area contributed by atoms with Gasteiger partial charge < -0.3 is 9.84 Å². The van der Waals surface area contributed by atoms with Gasteiger partial charge in [-0.25, -0.2) is 4.79 Å². The summed E-state index contributed by atoms with van der Waals surface area (Å²) < 4.78 is 4.55. The van der Waals surface area contributed by atoms with E-state index in [1.807, 2.05) is 0 Å². The predicted octanol–water partition coefficient (Wildman–Crippen LogP) is 0.653. The third-order valence-corrected chi connectivity index (χ3v) is 1.02. The Morgan fingerprint density at radius 2 is 2.27 bits per heavy atom. The van der Waals surface area contributed by atoms with E-state index in [0.29, 0.717) is 6.42 Å². The highest BCUT2D eigenvalue weighted by Crippen LogP contribution is 1.93. The van der Waals surface area contributed by atoms with Crippen molar-refractivity contribution in [1.82, 2.24) is 0 Å². The molecule has 0 aliphatic rings. The van der Waals surface area contributed by atoms with Gasteiger partial charge in [-0.3, -0.25) is 0 Å². The maximum Gasteiger partial charge on any atom is 0.330 e. The predicted molar refractivity (Wildman–Crippen MR) is 42.0 cm³/mol. The second-order valence-electron chi connectivity index (χ2n) is 2.01. The molecule has 0 heterocycles. The number of aliphatic hydroxyl groups is 1. The molecule has 62 valence electrons. The summed E-state index contributed by atoms with van der Waals surface area (Å²) in [6.07, 6.45) is 2.38. The average molecular weight is 156 g/mol. The summed E-state index contributed by atoms with van der Waals surface area (Å²) in [7, 11) is 0. The molecule has 0 spiro atoms. The normalized spacial score (nSPS) is 11.7. The van der Waals surface area contributed by atoms with Gasteiger partial charge in [-0.2, -0.15) is 0 Å². The second kappa shape index (κ2) is 5.68. The van der Waals surface area contributed by atoms with Crippen molar-refractivity contribution in [2.75, 3.05) is 6.61 Å². The molecule has 0 aliphatic heterocycles. The lowest BCUT2D eigenvalue weighted by molar-refractivity contribution is -0.140. The fourth-order valence-electron chi connectivity index (χ4n) is 0.498. The molecule has 0 radical (unpaired) electrons. The number of ether oxygens (including phenoxy) is 1. The zero-order valence-corrected chi connectivity index (χ0v) is 6.32. The van der Waals surface area contributed by atoms with Crippen molar-refractivity contribution in [2.24, 2.45) is 0 Å². The van der Waals surface area contributed by atoms with Gasteiger partial charge in [0.05, 0.1) is 6.10 Å². The zero-order chi connectivity index (χ0) is 8.69. The summed E-state index contributed by atoms with van der Waals surface area (Å²) in [6.45, 7) is 6.63. The smallest absolute Gasteiger partial charge is 0.330 e. The maximum absolute atomic E-state index is 10.4. The van der Waals surface area contributed by atoms with E-state index in [4.69, 9.17) is 5.11 Å². The molecule has 3 heteroatoms. The van der Waals surface area contributed by atoms with Crippen LogP contribution in [0.1, 0.15) is 6.42 Å². The topological polar surface area (TPSA) is 46.5 Å². The Balaban J connectivity index is 3.44. The number of hydrogen-bond donors (Lipinski definition) is 1. The number of esters is 1. The first-order valence-electron chi connectivity index (χ1n) is 3.29. The van der Waals surface area contributed by atoms with Crippen LogP contribution in [0, 0.1) is 0 Å². The zero-order valence-electron chi connectivity index (χ0n) is 6.32. The first-order valence-corrected chi connectivity index (χ1v) is 3.29. The van der Waals surface area contributed by atoms with Crippen LogP contribution in [0.2, 0.25) is 0 Å². The van der Waals surface area contributed by atoms with Crippen LogP contribution < -0.4 is 0 Å². The van der Waals surface area contributed by atoms with E-state index in [0.717, 1.165) is 6.08 Å². The van der Waals surface area contributed by atoms with E-state index in [9.17, 15) is 4.79 Å². The number of rotatable bonds is 5. The molecule has 11 heavy (non-hydrogen) atoms. The molecule has 0 rings (SSSR count). The van der Waals surface area contributed by atoms with Crippen LogP contribution in [0.15, 0.2) is 25.3 Å². The van der Waals surface area contributed by atoms with Crippen molar-refractivity contribution in [1.29, 1.82) is 0 Å². The van der Waals surface area contributed by atoms with Crippen molar-refractivity contribution in [3.05, 3.63) is 25.3 Å². The largest absolute Gasteiger partial charge is 0.460 e. The Hall–Kier alpha value is -1.09. The summed E-state index contributed by atoms with van der Waals surface area (Å²) in [5.41, 5.74) is 0. The number of carbonyl (C=O) groups is 1. The van der Waals surface area contributed by atoms with E-state index < -0.39 is 12.1 Å². The molecule has 0 aromatic rings. The first kappa shape index (κ1) is 9.91. The molecule has 3 nitrogen and oxygen atoms in total. The van der Waals surface area contributed by atoms with Gasteiger partial charge in [0.2, 0.25) is 0 Å². The molecule has 0 fully saturated rings. The van der Waals surface area contributed by atoms with Crippen molar-refractivity contribution in [3.63, 3.8) is 0 Å². The van der Waals surface area contributed by atoms with Gasteiger partial charge >= 0.3 is 5.97 Å². The van der Waals surface area contributed by atoms with E-state index in [-0.39, 0.29) is 6.61 Å². The van der Waals surface area contributed by atoms with Crippen molar-refractivity contribution in [2.45, 2.75) is 12.5 Å². The molecule has 0 amide bonds. The lowest BCUT2D eigenvalue weighted by Gasteiger charge is -2.06. The molecular formula is C8H12O3. The van der Waals surface area contributed by atoms with E-state index in [2.05, 4.69) is 17.9 Å². The summed E-state index contributed by atoms with van der Waals surface area (Å²) in [5, 5.41) is 9.01. The average Bonchev–Trinajstić information content (AvgIpc) is 2.01. The Kier molecular flexibility index (Phi) is 5.11. The van der Waals surface area contributed by atoms with Gasteiger partial charge in [0.1, 0.15) is 6.61 Å². The maximum atomic E-state index is 10.4. The van der Waals surface area contributed by atoms with Crippen molar-refractivity contribution in [3.8, 4) is 0 Å². The number of hydrogen-bond acceptors (Lipinski definition) is 3. The van der Waals surface area contributed by atoms with E-state index >= 15 is 0 Å². The second-order valence-corrected chi connectivity index (χ2v) is 2.01. The quantitative estimate of drug-likeness (QED) is 0.361. The Morgan fingerprint density at radius 3 is 2.73 bits per heavy atom. The third kappa shape index (κ3) is 5.36. The van der Waals surface area contributed by atoms with Gasteiger partial charge in [-0.1, -0.05) is 12.7 Å². The lowest BCUT2D eigenvalue weighted by Crippen LogP contribution is -2.16. The van der Waals surface area contributed by atoms with E-state index in [1.54, 1.807) is 6.08 Å². The van der Waals surface area contributed by atoms with Gasteiger partial charge in [-0.15, -0.1) is 6.58 Å². The van der Waals surface area contributed by atoms with Gasteiger partial charge in [0, 0.05) is 6.08 Å². The molecule has 0 saturated carbocycles. The molecule has 0 saturated heterocycles. The van der Waals surface area contributed by atoms with Gasteiger partial charge in [0.15, 0.2) is 0 Å². The molecule has 1 N–H and O–H groups in total. The molecule has 0 bridgehead atoms. The third-order valence-electron chi connectivity index (χ3n) is 1.02. The Labute approximate surface area is 66.0 Å². The first-order chi connectivity index (χ1) is 5.20. The van der Waals surface area contributed by atoms with Crippen molar-refractivity contribution < 1.29 is 14.6 Å². The summed E-state index contributed by atoms with van der Waals surface area (Å²) in [5.74, 6) is -0.520. The molecule has 1 atom stereocenters. The molecular weight excluding hydrogens is 144 g/mol. The fraction of sp³-hybridized carbons (Fsp3) is 0.375. The Bertz CT molecular complexity index is 151.